The molecular weight excluding hydrogens is 483 g/mol. The number of hydrogen-bond acceptors (Lipinski definition) is 8. The average Bonchev–Trinajstić information content (AvgIpc) is 3.53. The lowest BCUT2D eigenvalue weighted by molar-refractivity contribution is -0.225. The lowest BCUT2D eigenvalue weighted by atomic mass is 9.88. The predicted octanol–water partition coefficient (Wildman–Crippen LogP) is 3.67. The number of carbonyl (C=O) groups is 1. The van der Waals surface area contributed by atoms with Crippen molar-refractivity contribution in [3.8, 4) is 6.07 Å². The van der Waals surface area contributed by atoms with Gasteiger partial charge in [-0.05, 0) is 38.3 Å². The molecule has 11 heteroatoms. The molecule has 1 N–H and O–H groups in total. The topological polar surface area (TPSA) is 125 Å². The highest BCUT2D eigenvalue weighted by Gasteiger charge is 2.78. The molecule has 1 aromatic carbocycles. The van der Waals surface area contributed by atoms with Crippen LogP contribution in [0.15, 0.2) is 41.3 Å². The Morgan fingerprint density at radius 1 is 1.33 bits per heavy atom. The van der Waals surface area contributed by atoms with E-state index in [-0.39, 0.29) is 18.1 Å². The molecule has 1 saturated carbocycles. The van der Waals surface area contributed by atoms with Crippen molar-refractivity contribution in [1.82, 2.24) is 9.55 Å². The van der Waals surface area contributed by atoms with E-state index in [1.807, 2.05) is 19.7 Å². The molecule has 190 valence electrons. The fourth-order valence-corrected chi connectivity index (χ4v) is 6.31. The minimum Gasteiger partial charge on any atom is -0.361 e. The van der Waals surface area contributed by atoms with Crippen LogP contribution in [-0.4, -0.2) is 52.1 Å². The van der Waals surface area contributed by atoms with E-state index in [0.29, 0.717) is 24.2 Å². The van der Waals surface area contributed by atoms with Crippen molar-refractivity contribution in [2.45, 2.75) is 69.2 Å². The number of carbonyl (C=O) groups excluding carboxylic acids is 1. The van der Waals surface area contributed by atoms with E-state index in [1.165, 1.54) is 4.57 Å². The molecule has 1 spiro atoms. The van der Waals surface area contributed by atoms with Crippen molar-refractivity contribution >= 4 is 20.1 Å². The highest BCUT2D eigenvalue weighted by molar-refractivity contribution is 7.46. The van der Waals surface area contributed by atoms with Crippen LogP contribution in [0.5, 0.6) is 0 Å². The number of rotatable bonds is 9. The van der Waals surface area contributed by atoms with Gasteiger partial charge >= 0.3 is 5.69 Å². The molecule has 5 atom stereocenters. The third-order valence-electron chi connectivity index (χ3n) is 7.16. The molecule has 2 aliphatic heterocycles. The molecule has 2 bridgehead atoms. The fourth-order valence-electron chi connectivity index (χ4n) is 5.29. The van der Waals surface area contributed by atoms with Crippen LogP contribution in [0, 0.1) is 18.3 Å². The maximum absolute atomic E-state index is 13.1. The Kier molecular flexibility index (Phi) is 6.70. The quantitative estimate of drug-likeness (QED) is 0.399. The summed E-state index contributed by atoms with van der Waals surface area (Å²) >= 11 is 0. The summed E-state index contributed by atoms with van der Waals surface area (Å²) < 4.78 is 26.6. The van der Waals surface area contributed by atoms with E-state index >= 15 is 0 Å². The van der Waals surface area contributed by atoms with Gasteiger partial charge in [0, 0.05) is 24.0 Å². The van der Waals surface area contributed by atoms with Crippen LogP contribution in [0.4, 0.5) is 5.82 Å². The van der Waals surface area contributed by atoms with Gasteiger partial charge in [-0.2, -0.15) is 10.2 Å². The van der Waals surface area contributed by atoms with Crippen LogP contribution in [0.2, 0.25) is 0 Å². The number of aryl methyl sites for hydroxylation is 1. The molecule has 1 aromatic heterocycles. The summed E-state index contributed by atoms with van der Waals surface area (Å²) in [4.78, 5) is 29.8. The van der Waals surface area contributed by atoms with E-state index in [1.54, 1.807) is 37.4 Å². The van der Waals surface area contributed by atoms with Gasteiger partial charge in [0.15, 0.2) is 14.6 Å². The van der Waals surface area contributed by atoms with Crippen molar-refractivity contribution in [1.29, 1.82) is 5.26 Å². The van der Waals surface area contributed by atoms with E-state index in [2.05, 4.69) is 16.4 Å². The number of nitrogens with zero attached hydrogens (tertiary/aromatic N) is 3. The summed E-state index contributed by atoms with van der Waals surface area (Å²) in [6.45, 7) is 5.96. The Balaban J connectivity index is 1.39. The number of nitrogens with one attached hydrogen (secondary N) is 1. The third kappa shape index (κ3) is 4.15. The molecule has 2 saturated heterocycles. The van der Waals surface area contributed by atoms with Gasteiger partial charge in [-0.25, -0.2) is 4.79 Å². The smallest absolute Gasteiger partial charge is 0.351 e. The summed E-state index contributed by atoms with van der Waals surface area (Å²) in [5, 5.41) is 11.5. The SMILES string of the molecule is CC[C@]12O[C@@H](n3cc(C)c(NC(=O)c4ccccc4)nc3=O)C(OC13CC3)[C@H]2OP(C)OCCC#N. The molecule has 3 fully saturated rings. The van der Waals surface area contributed by atoms with Crippen molar-refractivity contribution in [2.24, 2.45) is 0 Å². The molecule has 5 rings (SSSR count). The number of ether oxygens (including phenoxy) is 2. The third-order valence-corrected chi connectivity index (χ3v) is 8.23. The van der Waals surface area contributed by atoms with Crippen LogP contribution in [0.3, 0.4) is 0 Å². The first-order valence-corrected chi connectivity index (χ1v) is 13.7. The van der Waals surface area contributed by atoms with Crippen LogP contribution in [0.1, 0.15) is 54.8 Å². The van der Waals surface area contributed by atoms with Gasteiger partial charge in [0.2, 0.25) is 0 Å². The van der Waals surface area contributed by atoms with Crippen molar-refractivity contribution < 1.29 is 23.3 Å². The van der Waals surface area contributed by atoms with Gasteiger partial charge in [-0.15, -0.1) is 0 Å². The molecule has 36 heavy (non-hydrogen) atoms. The van der Waals surface area contributed by atoms with Crippen LogP contribution < -0.4 is 11.0 Å². The number of hydrogen-bond donors (Lipinski definition) is 1. The van der Waals surface area contributed by atoms with Gasteiger partial charge in [0.25, 0.3) is 5.91 Å². The summed E-state index contributed by atoms with van der Waals surface area (Å²) in [6, 6.07) is 10.8. The van der Waals surface area contributed by atoms with Crippen molar-refractivity contribution in [3.05, 3.63) is 58.1 Å². The largest absolute Gasteiger partial charge is 0.361 e. The molecule has 3 heterocycles. The van der Waals surface area contributed by atoms with Crippen molar-refractivity contribution in [3.63, 3.8) is 0 Å². The first kappa shape index (κ1) is 25.0. The van der Waals surface area contributed by atoms with E-state index in [9.17, 15) is 9.59 Å². The minimum absolute atomic E-state index is 0.203. The number of nitriles is 1. The van der Waals surface area contributed by atoms with E-state index in [0.717, 1.165) is 12.8 Å². The second-order valence-electron chi connectivity index (χ2n) is 9.32. The zero-order valence-corrected chi connectivity index (χ0v) is 21.4. The lowest BCUT2D eigenvalue weighted by Gasteiger charge is -2.38. The van der Waals surface area contributed by atoms with Crippen LogP contribution in [0.25, 0.3) is 0 Å². The first-order chi connectivity index (χ1) is 17.3. The Morgan fingerprint density at radius 3 is 2.75 bits per heavy atom. The maximum atomic E-state index is 13.1. The number of fused-ring (bicyclic) bond motifs is 3. The number of aromatic nitrogens is 2. The van der Waals surface area contributed by atoms with Gasteiger partial charge in [0.1, 0.15) is 29.2 Å². The zero-order valence-electron chi connectivity index (χ0n) is 20.5. The van der Waals surface area contributed by atoms with Gasteiger partial charge in [0.05, 0.1) is 19.1 Å². The Morgan fingerprint density at radius 2 is 2.08 bits per heavy atom. The van der Waals surface area contributed by atoms with Crippen molar-refractivity contribution in [2.75, 3.05) is 18.6 Å². The molecule has 2 unspecified atom stereocenters. The Hall–Kier alpha value is -2.67. The molecular formula is C25H29N4O6P. The highest BCUT2D eigenvalue weighted by Crippen LogP contribution is 2.67. The fraction of sp³-hybridized carbons (Fsp3) is 0.520. The van der Waals surface area contributed by atoms with E-state index < -0.39 is 43.7 Å². The molecule has 1 amide bonds. The first-order valence-electron chi connectivity index (χ1n) is 12.1. The minimum atomic E-state index is -1.27. The van der Waals surface area contributed by atoms with Gasteiger partial charge < -0.3 is 23.8 Å². The average molecular weight is 513 g/mol. The number of anilines is 1. The highest BCUT2D eigenvalue weighted by atomic mass is 31.2. The molecule has 10 nitrogen and oxygen atoms in total. The number of benzene rings is 1. The van der Waals surface area contributed by atoms with Crippen LogP contribution in [-0.2, 0) is 18.5 Å². The monoisotopic (exact) mass is 512 g/mol. The summed E-state index contributed by atoms with van der Waals surface area (Å²) in [7, 11) is -1.27. The lowest BCUT2D eigenvalue weighted by Crippen LogP contribution is -2.49. The summed E-state index contributed by atoms with van der Waals surface area (Å²) in [5.41, 5.74) is -0.576. The zero-order chi connectivity index (χ0) is 25.5. The maximum Gasteiger partial charge on any atom is 0.351 e. The Labute approximate surface area is 210 Å². The van der Waals surface area contributed by atoms with E-state index in [4.69, 9.17) is 23.8 Å². The van der Waals surface area contributed by atoms with Gasteiger partial charge in [-0.1, -0.05) is 25.1 Å². The summed E-state index contributed by atoms with van der Waals surface area (Å²) in [5.74, 6) is -0.140. The normalized spacial score (nSPS) is 28.1. The molecule has 1 aliphatic carbocycles. The molecule has 3 aliphatic rings. The second kappa shape index (κ2) is 9.66. The molecule has 0 radical (unpaired) electrons. The molecule has 2 aromatic rings. The summed E-state index contributed by atoms with van der Waals surface area (Å²) in [6.07, 6.45) is 2.67. The van der Waals surface area contributed by atoms with Gasteiger partial charge in [-0.3, -0.25) is 9.36 Å². The second-order valence-corrected chi connectivity index (χ2v) is 10.7. The van der Waals surface area contributed by atoms with Crippen LogP contribution >= 0.6 is 8.38 Å². The predicted molar refractivity (Wildman–Crippen MR) is 132 cm³/mol. The standard InChI is InChI=1S/C25H29N4O6P/c1-4-25-19(35-36(3)32-14-8-13-26)18(33-24(25)11-12-24)22(34-25)29-15-16(2)20(28-23(29)31)27-21(30)17-9-6-5-7-10-17/h5-7,9-10,15,18-19,22H,4,8,11-12,14H2,1-3H3,(H,27,28,30,31)/t18?,19-,22-,25-,36?/m1/s1. The number of amides is 1. The Bertz CT molecular complexity index is 1240.